The Morgan fingerprint density at radius 3 is 2.40 bits per heavy atom. The van der Waals surface area contributed by atoms with Gasteiger partial charge in [-0.1, -0.05) is 23.2 Å². The maximum atomic E-state index is 13.6. The molecule has 2 aromatic carbocycles. The van der Waals surface area contributed by atoms with Gasteiger partial charge in [0.1, 0.15) is 5.82 Å². The third-order valence-electron chi connectivity index (χ3n) is 3.68. The smallest absolute Gasteiger partial charge is 0.241 e. The van der Waals surface area contributed by atoms with Crippen LogP contribution in [0.3, 0.4) is 0 Å². The molecule has 7 heteroatoms. The molecular formula is C18H16Cl2FN3O. The Labute approximate surface area is 155 Å². The first-order chi connectivity index (χ1) is 11.8. The number of carbonyl (C=O) groups is 1. The number of nitriles is 1. The zero-order valence-corrected chi connectivity index (χ0v) is 15.1. The van der Waals surface area contributed by atoms with Crippen LogP contribution in [0.5, 0.6) is 0 Å². The minimum atomic E-state index is -0.565. The molecule has 2 rings (SSSR count). The highest BCUT2D eigenvalue weighted by molar-refractivity contribution is 6.35. The first-order valence-electron chi connectivity index (χ1n) is 7.53. The fraction of sp³-hybridized carbons (Fsp3) is 0.222. The number of rotatable bonds is 5. The molecule has 0 saturated carbocycles. The van der Waals surface area contributed by atoms with Gasteiger partial charge in [-0.25, -0.2) is 4.39 Å². The molecule has 0 unspecified atom stereocenters. The van der Waals surface area contributed by atoms with E-state index in [1.807, 2.05) is 6.07 Å². The fourth-order valence-electron chi connectivity index (χ4n) is 2.29. The summed E-state index contributed by atoms with van der Waals surface area (Å²) in [6.07, 6.45) is 0. The van der Waals surface area contributed by atoms with Gasteiger partial charge < -0.3 is 5.32 Å². The van der Waals surface area contributed by atoms with Crippen molar-refractivity contribution in [3.05, 3.63) is 63.4 Å². The van der Waals surface area contributed by atoms with Crippen molar-refractivity contribution in [1.29, 1.82) is 5.26 Å². The molecule has 2 N–H and O–H groups in total. The Balaban J connectivity index is 2.02. The molecule has 0 aliphatic heterocycles. The standard InChI is InChI=1S/C18H16Cl2FN3O/c1-10(14-7-17(21)16(20)8-15(14)19)23-11(2)18(25)24-13-5-3-12(9-22)4-6-13/h3-8,10-11,23H,1-2H3,(H,24,25)/t10-,11+/m1/s1. The molecule has 2 aromatic rings. The maximum Gasteiger partial charge on any atom is 0.241 e. The molecule has 0 aliphatic carbocycles. The molecule has 0 aliphatic rings. The molecule has 0 spiro atoms. The monoisotopic (exact) mass is 379 g/mol. The Bertz CT molecular complexity index is 818. The van der Waals surface area contributed by atoms with Gasteiger partial charge in [-0.3, -0.25) is 10.1 Å². The topological polar surface area (TPSA) is 64.9 Å². The average Bonchev–Trinajstić information content (AvgIpc) is 2.58. The minimum Gasteiger partial charge on any atom is -0.325 e. The van der Waals surface area contributed by atoms with Crippen LogP contribution in [-0.4, -0.2) is 11.9 Å². The summed E-state index contributed by atoms with van der Waals surface area (Å²) < 4.78 is 13.6. The first kappa shape index (κ1) is 19.2. The highest BCUT2D eigenvalue weighted by atomic mass is 35.5. The number of anilines is 1. The van der Waals surface area contributed by atoms with E-state index in [0.717, 1.165) is 0 Å². The molecule has 0 radical (unpaired) electrons. The Hall–Kier alpha value is -2.13. The summed E-state index contributed by atoms with van der Waals surface area (Å²) in [4.78, 5) is 12.3. The van der Waals surface area contributed by atoms with Crippen LogP contribution >= 0.6 is 23.2 Å². The summed E-state index contributed by atoms with van der Waals surface area (Å²) in [6, 6.07) is 10.2. The van der Waals surface area contributed by atoms with Crippen molar-refractivity contribution in [2.75, 3.05) is 5.32 Å². The molecule has 0 bridgehead atoms. The third-order valence-corrected chi connectivity index (χ3v) is 4.30. The zero-order valence-electron chi connectivity index (χ0n) is 13.6. The second-order valence-corrected chi connectivity index (χ2v) is 6.39. The van der Waals surface area contributed by atoms with Crippen LogP contribution in [0.15, 0.2) is 36.4 Å². The predicted molar refractivity (Wildman–Crippen MR) is 97.2 cm³/mol. The minimum absolute atomic E-state index is 0.0486. The highest BCUT2D eigenvalue weighted by Crippen LogP contribution is 2.28. The second-order valence-electron chi connectivity index (χ2n) is 5.58. The van der Waals surface area contributed by atoms with Crippen LogP contribution in [0, 0.1) is 17.1 Å². The molecule has 0 fully saturated rings. The molecule has 0 heterocycles. The van der Waals surface area contributed by atoms with Gasteiger partial charge in [-0.2, -0.15) is 5.26 Å². The van der Waals surface area contributed by atoms with E-state index in [-0.39, 0.29) is 17.0 Å². The summed E-state index contributed by atoms with van der Waals surface area (Å²) >= 11 is 11.8. The van der Waals surface area contributed by atoms with Crippen LogP contribution in [-0.2, 0) is 4.79 Å². The molecule has 130 valence electrons. The molecule has 4 nitrogen and oxygen atoms in total. The van der Waals surface area contributed by atoms with Crippen LogP contribution in [0.1, 0.15) is 31.0 Å². The lowest BCUT2D eigenvalue weighted by atomic mass is 10.1. The van der Waals surface area contributed by atoms with E-state index in [4.69, 9.17) is 28.5 Å². The van der Waals surface area contributed by atoms with E-state index < -0.39 is 11.9 Å². The zero-order chi connectivity index (χ0) is 18.6. The first-order valence-corrected chi connectivity index (χ1v) is 8.29. The Morgan fingerprint density at radius 2 is 1.80 bits per heavy atom. The number of hydrogen-bond acceptors (Lipinski definition) is 3. The highest BCUT2D eigenvalue weighted by Gasteiger charge is 2.19. The number of halogens is 3. The van der Waals surface area contributed by atoms with Gasteiger partial charge in [-0.05, 0) is 55.8 Å². The molecular weight excluding hydrogens is 364 g/mol. The van der Waals surface area contributed by atoms with E-state index in [9.17, 15) is 9.18 Å². The van der Waals surface area contributed by atoms with Crippen molar-refractivity contribution in [3.8, 4) is 6.07 Å². The number of nitrogens with zero attached hydrogens (tertiary/aromatic N) is 1. The lowest BCUT2D eigenvalue weighted by Crippen LogP contribution is -2.39. The van der Waals surface area contributed by atoms with Crippen molar-refractivity contribution in [3.63, 3.8) is 0 Å². The lowest BCUT2D eigenvalue weighted by molar-refractivity contribution is -0.117. The maximum absolute atomic E-state index is 13.6. The summed E-state index contributed by atoms with van der Waals surface area (Å²) in [6.45, 7) is 3.47. The molecule has 25 heavy (non-hydrogen) atoms. The van der Waals surface area contributed by atoms with Crippen LogP contribution in [0.4, 0.5) is 10.1 Å². The number of benzene rings is 2. The van der Waals surface area contributed by atoms with Crippen molar-refractivity contribution in [2.45, 2.75) is 25.9 Å². The van der Waals surface area contributed by atoms with Crippen molar-refractivity contribution < 1.29 is 9.18 Å². The molecule has 2 atom stereocenters. The van der Waals surface area contributed by atoms with Gasteiger partial charge >= 0.3 is 0 Å². The Kier molecular flexibility index (Phi) is 6.38. The van der Waals surface area contributed by atoms with Gasteiger partial charge in [0.05, 0.1) is 22.7 Å². The van der Waals surface area contributed by atoms with E-state index in [2.05, 4.69) is 10.6 Å². The van der Waals surface area contributed by atoms with Crippen molar-refractivity contribution in [2.24, 2.45) is 0 Å². The number of nitrogens with one attached hydrogen (secondary N) is 2. The lowest BCUT2D eigenvalue weighted by Gasteiger charge is -2.21. The summed E-state index contributed by atoms with van der Waals surface area (Å²) in [5, 5.41) is 14.9. The van der Waals surface area contributed by atoms with Crippen LogP contribution < -0.4 is 10.6 Å². The molecule has 1 amide bonds. The number of hydrogen-bond donors (Lipinski definition) is 2. The normalized spacial score (nSPS) is 13.0. The molecule has 0 saturated heterocycles. The van der Waals surface area contributed by atoms with Gasteiger partial charge in [0.25, 0.3) is 0 Å². The summed E-state index contributed by atoms with van der Waals surface area (Å²) in [7, 11) is 0. The van der Waals surface area contributed by atoms with Gasteiger partial charge in [0.2, 0.25) is 5.91 Å². The SMILES string of the molecule is C[C@H](N[C@H](C)c1cc(F)c(Cl)cc1Cl)C(=O)Nc1ccc(C#N)cc1. The van der Waals surface area contributed by atoms with Gasteiger partial charge in [-0.15, -0.1) is 0 Å². The number of amides is 1. The summed E-state index contributed by atoms with van der Waals surface area (Å²) in [5.41, 5.74) is 1.61. The quantitative estimate of drug-likeness (QED) is 0.741. The second kappa shape index (κ2) is 8.30. The van der Waals surface area contributed by atoms with E-state index in [0.29, 0.717) is 21.8 Å². The van der Waals surface area contributed by atoms with Crippen LogP contribution in [0.2, 0.25) is 10.0 Å². The van der Waals surface area contributed by atoms with Gasteiger partial charge in [0.15, 0.2) is 0 Å². The Morgan fingerprint density at radius 1 is 1.16 bits per heavy atom. The van der Waals surface area contributed by atoms with E-state index in [1.165, 1.54) is 12.1 Å². The van der Waals surface area contributed by atoms with E-state index >= 15 is 0 Å². The average molecular weight is 380 g/mol. The van der Waals surface area contributed by atoms with Gasteiger partial charge in [0, 0.05) is 16.8 Å². The van der Waals surface area contributed by atoms with Crippen molar-refractivity contribution in [1.82, 2.24) is 5.32 Å². The van der Waals surface area contributed by atoms with E-state index in [1.54, 1.807) is 38.1 Å². The van der Waals surface area contributed by atoms with Crippen LogP contribution in [0.25, 0.3) is 0 Å². The predicted octanol–water partition coefficient (Wildman–Crippen LogP) is 4.68. The molecule has 0 aromatic heterocycles. The largest absolute Gasteiger partial charge is 0.325 e. The fourth-order valence-corrected chi connectivity index (χ4v) is 2.84. The third kappa shape index (κ3) is 4.93. The number of carbonyl (C=O) groups excluding carboxylic acids is 1. The van der Waals surface area contributed by atoms with Crippen molar-refractivity contribution >= 4 is 34.8 Å². The summed E-state index contributed by atoms with van der Waals surface area (Å²) in [5.74, 6) is -0.827.